The van der Waals surface area contributed by atoms with E-state index in [9.17, 15) is 18.0 Å². The van der Waals surface area contributed by atoms with Crippen molar-refractivity contribution in [2.24, 2.45) is 0 Å². The van der Waals surface area contributed by atoms with E-state index in [0.717, 1.165) is 41.0 Å². The fraction of sp³-hybridized carbons (Fsp3) is 0.250. The lowest BCUT2D eigenvalue weighted by atomic mass is 9.94. The van der Waals surface area contributed by atoms with E-state index in [1.807, 2.05) is 57.2 Å². The van der Waals surface area contributed by atoms with Gasteiger partial charge >= 0.3 is 6.18 Å². The van der Waals surface area contributed by atoms with Crippen molar-refractivity contribution in [3.05, 3.63) is 111 Å². The minimum atomic E-state index is -4.56. The van der Waals surface area contributed by atoms with Crippen molar-refractivity contribution in [3.8, 4) is 12.8 Å². The van der Waals surface area contributed by atoms with Crippen LogP contribution in [-0.4, -0.2) is 38.5 Å². The number of hydrogen-bond acceptors (Lipinski definition) is 5. The maximum Gasteiger partial charge on any atom is 0.433 e. The van der Waals surface area contributed by atoms with Gasteiger partial charge < -0.3 is 5.11 Å². The molecule has 2 aromatic carbocycles. The molecule has 0 saturated carbocycles. The molecule has 1 amide bonds. The number of amides is 1. The van der Waals surface area contributed by atoms with Crippen LogP contribution in [0.1, 0.15) is 59.1 Å². The highest BCUT2D eigenvalue weighted by Gasteiger charge is 2.33. The van der Waals surface area contributed by atoms with Crippen LogP contribution in [-0.2, 0) is 23.9 Å². The van der Waals surface area contributed by atoms with Crippen molar-refractivity contribution in [2.45, 2.75) is 46.8 Å². The highest BCUT2D eigenvalue weighted by atomic mass is 35.5. The Morgan fingerprint density at radius 3 is 2.07 bits per heavy atom. The van der Waals surface area contributed by atoms with Crippen LogP contribution in [0.3, 0.4) is 0 Å². The van der Waals surface area contributed by atoms with E-state index < -0.39 is 11.9 Å². The van der Waals surface area contributed by atoms with Crippen molar-refractivity contribution in [3.63, 3.8) is 0 Å². The molecule has 0 aliphatic rings. The highest BCUT2D eigenvalue weighted by Crippen LogP contribution is 2.33. The predicted octanol–water partition coefficient (Wildman–Crippen LogP) is 6.66. The average Bonchev–Trinajstić information content (AvgIpc) is 3.43. The summed E-state index contributed by atoms with van der Waals surface area (Å²) in [5, 5.41) is 17.8. The first-order valence-electron chi connectivity index (χ1n) is 13.1. The number of hydrogen-bond donors (Lipinski definition) is 1. The third-order valence-corrected chi connectivity index (χ3v) is 6.69. The predicted molar refractivity (Wildman–Crippen MR) is 164 cm³/mol. The molecule has 0 unspecified atom stereocenters. The summed E-state index contributed by atoms with van der Waals surface area (Å²) in [5.41, 5.74) is 4.14. The van der Waals surface area contributed by atoms with Crippen LogP contribution in [0.2, 0.25) is 5.02 Å². The summed E-state index contributed by atoms with van der Waals surface area (Å²) >= 11 is 6.12. The molecule has 7 nitrogen and oxygen atoms in total. The zero-order valence-electron chi connectivity index (χ0n) is 24.5. The SMILES string of the molecule is C#C.CCc1nnc(/C(=C(\C)c2ccc(Cl)cc2)c2ccc(C)cc2)n1N(C=O)Cc1ccc(C(F)(F)F)nc1C.CO. The summed E-state index contributed by atoms with van der Waals surface area (Å²) in [7, 11) is 1.00. The van der Waals surface area contributed by atoms with E-state index in [1.165, 1.54) is 18.0 Å². The Kier molecular flexibility index (Phi) is 12.7. The molecule has 4 rings (SSSR count). The number of terminal acetylenes is 1. The Labute approximate surface area is 254 Å². The summed E-state index contributed by atoms with van der Waals surface area (Å²) in [6, 6.07) is 17.6. The topological polar surface area (TPSA) is 84.1 Å². The molecule has 0 atom stereocenters. The fourth-order valence-corrected chi connectivity index (χ4v) is 4.41. The fourth-order valence-electron chi connectivity index (χ4n) is 4.28. The van der Waals surface area contributed by atoms with Gasteiger partial charge in [0.25, 0.3) is 0 Å². The van der Waals surface area contributed by atoms with Crippen LogP contribution in [0.4, 0.5) is 13.2 Å². The van der Waals surface area contributed by atoms with Gasteiger partial charge in [-0.15, -0.1) is 23.0 Å². The second-order valence-corrected chi connectivity index (χ2v) is 9.56. The number of benzene rings is 2. The maximum absolute atomic E-state index is 13.2. The lowest BCUT2D eigenvalue weighted by Gasteiger charge is -2.24. The molecule has 0 bridgehead atoms. The van der Waals surface area contributed by atoms with Gasteiger partial charge in [0.2, 0.25) is 6.41 Å². The Bertz CT molecular complexity index is 1560. The molecule has 0 fully saturated rings. The molecule has 11 heteroatoms. The summed E-state index contributed by atoms with van der Waals surface area (Å²) in [6.07, 6.45) is 4.52. The van der Waals surface area contributed by atoms with Gasteiger partial charge in [-0.2, -0.15) is 13.2 Å². The molecular formula is C32H33ClF3N5O2. The number of pyridine rings is 1. The molecule has 0 saturated heterocycles. The molecule has 1 N–H and O–H groups in total. The van der Waals surface area contributed by atoms with Crippen LogP contribution in [0, 0.1) is 26.7 Å². The first-order valence-corrected chi connectivity index (χ1v) is 13.4. The summed E-state index contributed by atoms with van der Waals surface area (Å²) < 4.78 is 41.1. The standard InChI is InChI=1S/C29H27ClF3N5O.C2H2.CH4O/c1-5-26-35-36-28(38(26)37(17-39)16-23-12-15-25(29(31,32)33)34-20(23)4)27(22-8-6-18(2)7-9-22)19(3)21-10-13-24(30)14-11-21;2*1-2/h6-15,17H,5,16H2,1-4H3;1-2H;2H,1H3/b27-19+;;. The molecule has 2 aromatic heterocycles. The lowest BCUT2D eigenvalue weighted by Crippen LogP contribution is -2.36. The maximum atomic E-state index is 13.2. The number of halogens is 4. The second kappa shape index (κ2) is 15.7. The molecule has 0 aliphatic heterocycles. The smallest absolute Gasteiger partial charge is 0.400 e. The van der Waals surface area contributed by atoms with Crippen LogP contribution < -0.4 is 5.01 Å². The Balaban J connectivity index is 0.00000155. The third-order valence-electron chi connectivity index (χ3n) is 6.43. The van der Waals surface area contributed by atoms with Gasteiger partial charge in [-0.25, -0.2) is 14.7 Å². The molecule has 43 heavy (non-hydrogen) atoms. The number of aliphatic hydroxyl groups excluding tert-OH is 1. The Hall–Kier alpha value is -4.46. The van der Waals surface area contributed by atoms with Crippen molar-refractivity contribution < 1.29 is 23.1 Å². The normalized spacial score (nSPS) is 11.3. The Morgan fingerprint density at radius 1 is 0.977 bits per heavy atom. The number of allylic oxidation sites excluding steroid dienone is 1. The zero-order chi connectivity index (χ0) is 32.3. The van der Waals surface area contributed by atoms with Gasteiger partial charge in [-0.05, 0) is 61.2 Å². The van der Waals surface area contributed by atoms with Gasteiger partial charge in [0.1, 0.15) is 5.69 Å². The molecule has 4 aromatic rings. The number of aliphatic hydroxyl groups is 1. The first-order chi connectivity index (χ1) is 20.5. The minimum Gasteiger partial charge on any atom is -0.400 e. The highest BCUT2D eigenvalue weighted by molar-refractivity contribution is 6.30. The van der Waals surface area contributed by atoms with Crippen molar-refractivity contribution in [1.82, 2.24) is 19.9 Å². The molecule has 0 aliphatic carbocycles. The molecular weight excluding hydrogens is 579 g/mol. The number of rotatable bonds is 8. The van der Waals surface area contributed by atoms with E-state index in [0.29, 0.717) is 35.1 Å². The number of carbonyl (C=O) groups is 1. The first kappa shape index (κ1) is 34.7. The Morgan fingerprint density at radius 2 is 1.56 bits per heavy atom. The number of aromatic nitrogens is 4. The van der Waals surface area contributed by atoms with Crippen molar-refractivity contribution >= 4 is 29.2 Å². The second-order valence-electron chi connectivity index (χ2n) is 9.12. The quantitative estimate of drug-likeness (QED) is 0.137. The summed E-state index contributed by atoms with van der Waals surface area (Å²) in [6.45, 7) is 7.30. The van der Waals surface area contributed by atoms with E-state index in [1.54, 1.807) is 16.8 Å². The lowest BCUT2D eigenvalue weighted by molar-refractivity contribution is -0.141. The van der Waals surface area contributed by atoms with E-state index in [-0.39, 0.29) is 12.2 Å². The van der Waals surface area contributed by atoms with Gasteiger partial charge in [-0.1, -0.05) is 66.6 Å². The van der Waals surface area contributed by atoms with Gasteiger partial charge in [-0.3, -0.25) is 4.79 Å². The summed E-state index contributed by atoms with van der Waals surface area (Å²) in [5.74, 6) is 0.941. The van der Waals surface area contributed by atoms with E-state index in [2.05, 4.69) is 28.0 Å². The van der Waals surface area contributed by atoms with E-state index >= 15 is 0 Å². The van der Waals surface area contributed by atoms with Crippen LogP contribution in [0.5, 0.6) is 0 Å². The van der Waals surface area contributed by atoms with Gasteiger partial charge in [0, 0.05) is 29.8 Å². The van der Waals surface area contributed by atoms with E-state index in [4.69, 9.17) is 16.7 Å². The minimum absolute atomic E-state index is 0.0281. The molecule has 2 heterocycles. The van der Waals surface area contributed by atoms with Crippen molar-refractivity contribution in [1.29, 1.82) is 0 Å². The number of aryl methyl sites for hydroxylation is 3. The monoisotopic (exact) mass is 611 g/mol. The molecule has 226 valence electrons. The van der Waals surface area contributed by atoms with Crippen LogP contribution in [0.25, 0.3) is 11.1 Å². The van der Waals surface area contributed by atoms with Crippen molar-refractivity contribution in [2.75, 3.05) is 12.1 Å². The van der Waals surface area contributed by atoms with Gasteiger partial charge in [0.15, 0.2) is 11.6 Å². The average molecular weight is 612 g/mol. The van der Waals surface area contributed by atoms with Crippen LogP contribution in [0.15, 0.2) is 60.7 Å². The summed E-state index contributed by atoms with van der Waals surface area (Å²) in [4.78, 5) is 16.2. The van der Waals surface area contributed by atoms with Crippen LogP contribution >= 0.6 is 11.6 Å². The number of alkyl halides is 3. The third kappa shape index (κ3) is 8.31. The molecule has 0 radical (unpaired) electrons. The number of nitrogens with zero attached hydrogens (tertiary/aromatic N) is 5. The number of carbonyl (C=O) groups excluding carboxylic acids is 1. The molecule has 0 spiro atoms. The van der Waals surface area contributed by atoms with Gasteiger partial charge in [0.05, 0.1) is 6.54 Å². The largest absolute Gasteiger partial charge is 0.433 e. The zero-order valence-corrected chi connectivity index (χ0v) is 25.3.